The van der Waals surface area contributed by atoms with Gasteiger partial charge in [-0.2, -0.15) is 0 Å². The summed E-state index contributed by atoms with van der Waals surface area (Å²) in [4.78, 5) is 0. The zero-order valence-electron chi connectivity index (χ0n) is 10.0. The molecule has 0 aliphatic rings. The minimum absolute atomic E-state index is 0.0631. The number of halogens is 3. The average Bonchev–Trinajstić information content (AvgIpc) is 2.34. The lowest BCUT2D eigenvalue weighted by atomic mass is 10.1. The molecule has 0 aromatic heterocycles. The fraction of sp³-hybridized carbons (Fsp3) is 0.143. The highest BCUT2D eigenvalue weighted by molar-refractivity contribution is 9.10. The second kappa shape index (κ2) is 5.67. The molecule has 1 unspecified atom stereocenters. The van der Waals surface area contributed by atoms with E-state index in [1.165, 1.54) is 6.07 Å². The van der Waals surface area contributed by atoms with Gasteiger partial charge in [0.05, 0.1) is 10.6 Å². The van der Waals surface area contributed by atoms with Crippen molar-refractivity contribution < 1.29 is 18.6 Å². The minimum Gasteiger partial charge on any atom is -0.453 e. The van der Waals surface area contributed by atoms with Gasteiger partial charge in [-0.25, -0.2) is 8.78 Å². The molecule has 100 valence electrons. The molecule has 5 heteroatoms. The zero-order chi connectivity index (χ0) is 14.0. The van der Waals surface area contributed by atoms with Gasteiger partial charge in [0.25, 0.3) is 0 Å². The van der Waals surface area contributed by atoms with Crippen LogP contribution in [0.5, 0.6) is 11.5 Å². The molecule has 0 radical (unpaired) electrons. The molecule has 0 spiro atoms. The number of aliphatic hydroxyl groups excluding tert-OH is 1. The Bertz CT molecular complexity index is 600. The Morgan fingerprint density at radius 2 is 1.79 bits per heavy atom. The maximum absolute atomic E-state index is 13.5. The quantitative estimate of drug-likeness (QED) is 0.894. The molecule has 1 atom stereocenters. The zero-order valence-corrected chi connectivity index (χ0v) is 11.6. The van der Waals surface area contributed by atoms with E-state index in [1.54, 1.807) is 25.1 Å². The van der Waals surface area contributed by atoms with Crippen molar-refractivity contribution in [3.05, 3.63) is 58.1 Å². The van der Waals surface area contributed by atoms with Crippen LogP contribution in [0.25, 0.3) is 0 Å². The van der Waals surface area contributed by atoms with Gasteiger partial charge in [0.1, 0.15) is 11.6 Å². The Labute approximate surface area is 117 Å². The Morgan fingerprint density at radius 3 is 2.37 bits per heavy atom. The molecule has 0 amide bonds. The van der Waals surface area contributed by atoms with Crippen LogP contribution in [0.1, 0.15) is 18.6 Å². The first-order valence-corrected chi connectivity index (χ1v) is 6.37. The first-order chi connectivity index (χ1) is 8.97. The summed E-state index contributed by atoms with van der Waals surface area (Å²) < 4.78 is 32.2. The van der Waals surface area contributed by atoms with Gasteiger partial charge < -0.3 is 9.84 Å². The van der Waals surface area contributed by atoms with Crippen LogP contribution in [-0.2, 0) is 0 Å². The average molecular weight is 329 g/mol. The normalized spacial score (nSPS) is 12.3. The standard InChI is InChI=1S/C14H11BrF2O2/c1-8(18)9-2-4-13(11(15)6-9)19-14-5-3-10(16)7-12(14)17/h2-8,18H,1H3. The maximum Gasteiger partial charge on any atom is 0.168 e. The number of ether oxygens (including phenoxy) is 1. The van der Waals surface area contributed by atoms with Crippen LogP contribution in [0.2, 0.25) is 0 Å². The number of hydrogen-bond donors (Lipinski definition) is 1. The van der Waals surface area contributed by atoms with Gasteiger partial charge in [-0.05, 0) is 52.7 Å². The molecule has 0 bridgehead atoms. The molecule has 0 heterocycles. The molecule has 2 aromatic rings. The molecule has 0 saturated carbocycles. The summed E-state index contributed by atoms with van der Waals surface area (Å²) in [6, 6.07) is 8.06. The molecule has 2 nitrogen and oxygen atoms in total. The van der Waals surface area contributed by atoms with Crippen molar-refractivity contribution in [2.24, 2.45) is 0 Å². The van der Waals surface area contributed by atoms with Crippen LogP contribution in [0.3, 0.4) is 0 Å². The van der Waals surface area contributed by atoms with E-state index in [1.807, 2.05) is 0 Å². The van der Waals surface area contributed by atoms with Crippen molar-refractivity contribution in [2.45, 2.75) is 13.0 Å². The smallest absolute Gasteiger partial charge is 0.168 e. The van der Waals surface area contributed by atoms with Crippen molar-refractivity contribution in [2.75, 3.05) is 0 Å². The van der Waals surface area contributed by atoms with E-state index in [2.05, 4.69) is 15.9 Å². The van der Waals surface area contributed by atoms with Crippen molar-refractivity contribution in [3.63, 3.8) is 0 Å². The van der Waals surface area contributed by atoms with Gasteiger partial charge in [0, 0.05) is 6.07 Å². The van der Waals surface area contributed by atoms with E-state index in [0.717, 1.165) is 12.1 Å². The van der Waals surface area contributed by atoms with E-state index in [-0.39, 0.29) is 5.75 Å². The SMILES string of the molecule is CC(O)c1ccc(Oc2ccc(F)cc2F)c(Br)c1. The second-order valence-electron chi connectivity index (χ2n) is 4.04. The van der Waals surface area contributed by atoms with Crippen molar-refractivity contribution in [1.29, 1.82) is 0 Å². The lowest BCUT2D eigenvalue weighted by Crippen LogP contribution is -1.94. The van der Waals surface area contributed by atoms with E-state index >= 15 is 0 Å². The maximum atomic E-state index is 13.5. The fourth-order valence-corrected chi connectivity index (χ4v) is 2.01. The molecule has 1 N–H and O–H groups in total. The molecule has 19 heavy (non-hydrogen) atoms. The molecular formula is C14H11BrF2O2. The number of aliphatic hydroxyl groups is 1. The van der Waals surface area contributed by atoms with E-state index < -0.39 is 17.7 Å². The third kappa shape index (κ3) is 3.30. The van der Waals surface area contributed by atoms with E-state index in [4.69, 9.17) is 4.74 Å². The summed E-state index contributed by atoms with van der Waals surface area (Å²) in [6.07, 6.45) is -0.604. The van der Waals surface area contributed by atoms with Crippen molar-refractivity contribution in [3.8, 4) is 11.5 Å². The molecule has 0 saturated heterocycles. The van der Waals surface area contributed by atoms with E-state index in [9.17, 15) is 13.9 Å². The minimum atomic E-state index is -0.772. The van der Waals surface area contributed by atoms with Gasteiger partial charge in [0.2, 0.25) is 0 Å². The van der Waals surface area contributed by atoms with Gasteiger partial charge in [0.15, 0.2) is 11.6 Å². The third-order valence-electron chi connectivity index (χ3n) is 2.55. The third-order valence-corrected chi connectivity index (χ3v) is 3.17. The number of hydrogen-bond acceptors (Lipinski definition) is 2. The van der Waals surface area contributed by atoms with Crippen LogP contribution in [0.4, 0.5) is 8.78 Å². The second-order valence-corrected chi connectivity index (χ2v) is 4.90. The van der Waals surface area contributed by atoms with Crippen LogP contribution < -0.4 is 4.74 Å². The monoisotopic (exact) mass is 328 g/mol. The van der Waals surface area contributed by atoms with Gasteiger partial charge >= 0.3 is 0 Å². The highest BCUT2D eigenvalue weighted by Gasteiger charge is 2.10. The van der Waals surface area contributed by atoms with Gasteiger partial charge in [-0.3, -0.25) is 0 Å². The van der Waals surface area contributed by atoms with Crippen LogP contribution in [0.15, 0.2) is 40.9 Å². The summed E-state index contributed by atoms with van der Waals surface area (Å²) in [6.45, 7) is 1.64. The highest BCUT2D eigenvalue weighted by atomic mass is 79.9. The lowest BCUT2D eigenvalue weighted by Gasteiger charge is -2.11. The van der Waals surface area contributed by atoms with Crippen LogP contribution >= 0.6 is 15.9 Å². The fourth-order valence-electron chi connectivity index (χ4n) is 1.54. The molecule has 2 rings (SSSR count). The predicted octanol–water partition coefficient (Wildman–Crippen LogP) is 4.57. The Kier molecular flexibility index (Phi) is 4.17. The van der Waals surface area contributed by atoms with Gasteiger partial charge in [-0.1, -0.05) is 6.07 Å². The van der Waals surface area contributed by atoms with E-state index in [0.29, 0.717) is 15.8 Å². The first-order valence-electron chi connectivity index (χ1n) is 5.58. The molecule has 2 aromatic carbocycles. The molecule has 0 aliphatic heterocycles. The van der Waals surface area contributed by atoms with Crippen LogP contribution in [0, 0.1) is 11.6 Å². The Morgan fingerprint density at radius 1 is 1.11 bits per heavy atom. The summed E-state index contributed by atoms with van der Waals surface area (Å²) in [5.41, 5.74) is 0.707. The molecule has 0 aliphatic carbocycles. The molecular weight excluding hydrogens is 318 g/mol. The van der Waals surface area contributed by atoms with Crippen molar-refractivity contribution >= 4 is 15.9 Å². The largest absolute Gasteiger partial charge is 0.453 e. The predicted molar refractivity (Wildman–Crippen MR) is 71.2 cm³/mol. The topological polar surface area (TPSA) is 29.5 Å². The summed E-state index contributed by atoms with van der Waals surface area (Å²) in [5, 5.41) is 9.44. The number of rotatable bonds is 3. The molecule has 0 fully saturated rings. The van der Waals surface area contributed by atoms with Crippen LogP contribution in [-0.4, -0.2) is 5.11 Å². The van der Waals surface area contributed by atoms with Crippen molar-refractivity contribution in [1.82, 2.24) is 0 Å². The summed E-state index contributed by atoms with van der Waals surface area (Å²) in [7, 11) is 0. The Hall–Kier alpha value is -1.46. The van der Waals surface area contributed by atoms with Gasteiger partial charge in [-0.15, -0.1) is 0 Å². The first kappa shape index (κ1) is 14.0. The highest BCUT2D eigenvalue weighted by Crippen LogP contribution is 2.33. The number of benzene rings is 2. The summed E-state index contributed by atoms with van der Waals surface area (Å²) in [5.74, 6) is -1.11. The summed E-state index contributed by atoms with van der Waals surface area (Å²) >= 11 is 3.28. The Balaban J connectivity index is 2.28. The lowest BCUT2D eigenvalue weighted by molar-refractivity contribution is 0.199.